The van der Waals surface area contributed by atoms with Crippen LogP contribution in [0.5, 0.6) is 11.5 Å². The number of ether oxygens (including phenoxy) is 2. The van der Waals surface area contributed by atoms with E-state index in [1.807, 2.05) is 0 Å². The highest BCUT2D eigenvalue weighted by atomic mass is 16.6. The second kappa shape index (κ2) is 7.08. The van der Waals surface area contributed by atoms with Crippen LogP contribution in [-0.2, 0) is 9.59 Å². The first-order valence-electron chi connectivity index (χ1n) is 8.33. The number of nitro benzene ring substituents is 1. The van der Waals surface area contributed by atoms with Crippen molar-refractivity contribution in [2.24, 2.45) is 5.92 Å². The summed E-state index contributed by atoms with van der Waals surface area (Å²) in [5.74, 6) is -0.922. The maximum Gasteiger partial charge on any atom is 0.316 e. The van der Waals surface area contributed by atoms with Crippen molar-refractivity contribution in [2.45, 2.75) is 38.1 Å². The van der Waals surface area contributed by atoms with Gasteiger partial charge in [-0.05, 0) is 18.9 Å². The molecule has 1 saturated heterocycles. The van der Waals surface area contributed by atoms with E-state index in [9.17, 15) is 19.7 Å². The van der Waals surface area contributed by atoms with Crippen molar-refractivity contribution < 1.29 is 24.0 Å². The lowest BCUT2D eigenvalue weighted by Gasteiger charge is -2.23. The lowest BCUT2D eigenvalue weighted by Crippen LogP contribution is -2.35. The third-order valence-corrected chi connectivity index (χ3v) is 4.83. The van der Waals surface area contributed by atoms with Gasteiger partial charge in [-0.1, -0.05) is 12.8 Å². The second-order valence-electron chi connectivity index (χ2n) is 6.40. The predicted molar refractivity (Wildman–Crippen MR) is 87.4 cm³/mol. The molecule has 1 aromatic rings. The van der Waals surface area contributed by atoms with Gasteiger partial charge in [0, 0.05) is 25.1 Å². The summed E-state index contributed by atoms with van der Waals surface area (Å²) in [6.07, 6.45) is 4.29. The summed E-state index contributed by atoms with van der Waals surface area (Å²) in [4.78, 5) is 36.8. The van der Waals surface area contributed by atoms with E-state index >= 15 is 0 Å². The summed E-state index contributed by atoms with van der Waals surface area (Å²) < 4.78 is 10.4. The molecule has 0 aromatic heterocycles. The zero-order valence-corrected chi connectivity index (χ0v) is 14.0. The molecule has 2 aliphatic rings. The van der Waals surface area contributed by atoms with Crippen LogP contribution in [0.1, 0.15) is 32.1 Å². The Morgan fingerprint density at radius 3 is 2.64 bits per heavy atom. The highest BCUT2D eigenvalue weighted by Crippen LogP contribution is 2.34. The number of carbonyl (C=O) groups is 2. The van der Waals surface area contributed by atoms with Gasteiger partial charge in [0.15, 0.2) is 11.5 Å². The van der Waals surface area contributed by atoms with Crippen LogP contribution in [0.3, 0.4) is 0 Å². The summed E-state index contributed by atoms with van der Waals surface area (Å²) in [7, 11) is 1.39. The minimum atomic E-state index is -0.572. The Morgan fingerprint density at radius 1 is 1.28 bits per heavy atom. The number of benzene rings is 1. The van der Waals surface area contributed by atoms with Crippen molar-refractivity contribution in [3.63, 3.8) is 0 Å². The first-order valence-corrected chi connectivity index (χ1v) is 8.33. The molecule has 25 heavy (non-hydrogen) atoms. The number of rotatable bonds is 5. The minimum absolute atomic E-state index is 0.00605. The SMILES string of the molecule is COc1ccc([N+](=O)[O-])cc1OC(=O)[C@H]1CC(=O)N(C2CCCC2)C1. The molecule has 8 heteroatoms. The fourth-order valence-corrected chi connectivity index (χ4v) is 3.51. The van der Waals surface area contributed by atoms with Gasteiger partial charge in [0.1, 0.15) is 0 Å². The van der Waals surface area contributed by atoms with E-state index < -0.39 is 16.8 Å². The highest BCUT2D eigenvalue weighted by molar-refractivity contribution is 5.88. The Hall–Kier alpha value is -2.64. The fraction of sp³-hybridized carbons (Fsp3) is 0.529. The van der Waals surface area contributed by atoms with Gasteiger partial charge < -0.3 is 14.4 Å². The highest BCUT2D eigenvalue weighted by Gasteiger charge is 2.39. The van der Waals surface area contributed by atoms with Gasteiger partial charge in [-0.15, -0.1) is 0 Å². The van der Waals surface area contributed by atoms with Crippen molar-refractivity contribution in [3.05, 3.63) is 28.3 Å². The number of hydrogen-bond donors (Lipinski definition) is 0. The number of non-ortho nitro benzene ring substituents is 1. The molecule has 1 aliphatic heterocycles. The molecule has 1 atom stereocenters. The van der Waals surface area contributed by atoms with Crippen LogP contribution >= 0.6 is 0 Å². The Labute approximate surface area is 144 Å². The zero-order valence-electron chi connectivity index (χ0n) is 14.0. The molecule has 0 unspecified atom stereocenters. The molecule has 1 heterocycles. The molecule has 0 N–H and O–H groups in total. The van der Waals surface area contributed by atoms with Crippen LogP contribution in [0.4, 0.5) is 5.69 Å². The van der Waals surface area contributed by atoms with Gasteiger partial charge in [0.2, 0.25) is 5.91 Å². The van der Waals surface area contributed by atoms with E-state index in [0.29, 0.717) is 6.54 Å². The lowest BCUT2D eigenvalue weighted by molar-refractivity contribution is -0.384. The Kier molecular flexibility index (Phi) is 4.87. The van der Waals surface area contributed by atoms with Crippen molar-refractivity contribution in [1.82, 2.24) is 4.90 Å². The minimum Gasteiger partial charge on any atom is -0.493 e. The molecule has 3 rings (SSSR count). The summed E-state index contributed by atoms with van der Waals surface area (Å²) in [5.41, 5.74) is -0.196. The largest absolute Gasteiger partial charge is 0.493 e. The van der Waals surface area contributed by atoms with E-state index in [4.69, 9.17) is 9.47 Å². The smallest absolute Gasteiger partial charge is 0.316 e. The molecule has 1 saturated carbocycles. The quantitative estimate of drug-likeness (QED) is 0.350. The molecule has 1 amide bonds. The summed E-state index contributed by atoms with van der Waals surface area (Å²) >= 11 is 0. The van der Waals surface area contributed by atoms with E-state index in [2.05, 4.69) is 0 Å². The maximum atomic E-state index is 12.4. The van der Waals surface area contributed by atoms with Crippen molar-refractivity contribution in [1.29, 1.82) is 0 Å². The van der Waals surface area contributed by atoms with Gasteiger partial charge >= 0.3 is 5.97 Å². The summed E-state index contributed by atoms with van der Waals surface area (Å²) in [5, 5.41) is 10.9. The third-order valence-electron chi connectivity index (χ3n) is 4.83. The van der Waals surface area contributed by atoms with Gasteiger partial charge in [0.25, 0.3) is 5.69 Å². The number of methoxy groups -OCH3 is 1. The molecule has 2 fully saturated rings. The van der Waals surface area contributed by atoms with Gasteiger partial charge in [-0.2, -0.15) is 0 Å². The van der Waals surface area contributed by atoms with Gasteiger partial charge in [-0.3, -0.25) is 19.7 Å². The van der Waals surface area contributed by atoms with E-state index in [1.54, 1.807) is 4.90 Å². The molecular formula is C17H20N2O6. The second-order valence-corrected chi connectivity index (χ2v) is 6.40. The maximum absolute atomic E-state index is 12.4. The van der Waals surface area contributed by atoms with Crippen LogP contribution in [-0.4, -0.2) is 41.4 Å². The van der Waals surface area contributed by atoms with Gasteiger partial charge in [0.05, 0.1) is 24.0 Å². The zero-order chi connectivity index (χ0) is 18.0. The van der Waals surface area contributed by atoms with Crippen molar-refractivity contribution in [3.8, 4) is 11.5 Å². The summed E-state index contributed by atoms with van der Waals surface area (Å²) in [6, 6.07) is 4.03. The first kappa shape index (κ1) is 17.2. The topological polar surface area (TPSA) is 99.0 Å². The number of amides is 1. The average Bonchev–Trinajstić information content (AvgIpc) is 3.23. The number of nitro groups is 1. The van der Waals surface area contributed by atoms with Crippen LogP contribution < -0.4 is 9.47 Å². The normalized spacial score (nSPS) is 20.8. The molecular weight excluding hydrogens is 328 g/mol. The third kappa shape index (κ3) is 3.57. The van der Waals surface area contributed by atoms with Crippen LogP contribution in [0.25, 0.3) is 0 Å². The Morgan fingerprint density at radius 2 is 2.00 bits per heavy atom. The summed E-state index contributed by atoms with van der Waals surface area (Å²) in [6.45, 7) is 0.347. The first-order chi connectivity index (χ1) is 12.0. The fourth-order valence-electron chi connectivity index (χ4n) is 3.51. The van der Waals surface area contributed by atoms with Crippen molar-refractivity contribution in [2.75, 3.05) is 13.7 Å². The number of esters is 1. The van der Waals surface area contributed by atoms with Crippen LogP contribution in [0.2, 0.25) is 0 Å². The number of hydrogen-bond acceptors (Lipinski definition) is 6. The van der Waals surface area contributed by atoms with Gasteiger partial charge in [-0.25, -0.2) is 0 Å². The molecule has 8 nitrogen and oxygen atoms in total. The van der Waals surface area contributed by atoms with Crippen LogP contribution in [0, 0.1) is 16.0 Å². The predicted octanol–water partition coefficient (Wildman–Crippen LogP) is 2.30. The molecule has 1 aliphatic carbocycles. The Bertz CT molecular complexity index is 698. The molecule has 0 radical (unpaired) electrons. The van der Waals surface area contributed by atoms with E-state index in [-0.39, 0.29) is 35.6 Å². The lowest BCUT2D eigenvalue weighted by atomic mass is 10.1. The average molecular weight is 348 g/mol. The Balaban J connectivity index is 1.71. The number of likely N-dealkylation sites (tertiary alicyclic amines) is 1. The van der Waals surface area contributed by atoms with E-state index in [1.165, 1.54) is 19.2 Å². The monoisotopic (exact) mass is 348 g/mol. The molecule has 134 valence electrons. The molecule has 1 aromatic carbocycles. The number of nitrogens with zero attached hydrogens (tertiary/aromatic N) is 2. The molecule has 0 bridgehead atoms. The number of carbonyl (C=O) groups excluding carboxylic acids is 2. The van der Waals surface area contributed by atoms with Crippen molar-refractivity contribution >= 4 is 17.6 Å². The van der Waals surface area contributed by atoms with Crippen LogP contribution in [0.15, 0.2) is 18.2 Å². The van der Waals surface area contributed by atoms with E-state index in [0.717, 1.165) is 31.7 Å². The standard InChI is InChI=1S/C17H20N2O6/c1-24-14-7-6-13(19(22)23)9-15(14)25-17(21)11-8-16(20)18(10-11)12-4-2-3-5-12/h6-7,9,11-12H,2-5,8,10H2,1H3/t11-/m0/s1. The molecule has 0 spiro atoms.